The second-order valence-electron chi connectivity index (χ2n) is 5.53. The number of hydrogen-bond acceptors (Lipinski definition) is 3. The van der Waals surface area contributed by atoms with Crippen molar-refractivity contribution in [1.82, 2.24) is 10.2 Å². The maximum atomic E-state index is 12.5. The summed E-state index contributed by atoms with van der Waals surface area (Å²) in [5.74, 6) is 0.196. The predicted molar refractivity (Wildman–Crippen MR) is 91.4 cm³/mol. The third-order valence-corrected chi connectivity index (χ3v) is 4.02. The van der Waals surface area contributed by atoms with Crippen molar-refractivity contribution in [1.29, 1.82) is 0 Å². The number of rotatable bonds is 6. The Kier molecular flexibility index (Phi) is 9.13. The molecule has 5 heteroatoms. The molecule has 1 atom stereocenters. The summed E-state index contributed by atoms with van der Waals surface area (Å²) in [5.41, 5.74) is 1.25. The lowest BCUT2D eigenvalue weighted by Gasteiger charge is -2.30. The Morgan fingerprint density at radius 1 is 1.27 bits per heavy atom. The first-order valence-electron chi connectivity index (χ1n) is 7.87. The van der Waals surface area contributed by atoms with Crippen molar-refractivity contribution < 1.29 is 9.53 Å². The minimum absolute atomic E-state index is 0. The van der Waals surface area contributed by atoms with Gasteiger partial charge in [-0.05, 0) is 18.4 Å². The largest absolute Gasteiger partial charge is 0.383 e. The fourth-order valence-electron chi connectivity index (χ4n) is 2.90. The number of benzene rings is 1. The Bertz CT molecular complexity index is 428. The van der Waals surface area contributed by atoms with Crippen LogP contribution in [0.4, 0.5) is 0 Å². The Morgan fingerprint density at radius 3 is 2.77 bits per heavy atom. The summed E-state index contributed by atoms with van der Waals surface area (Å²) in [6.45, 7) is 2.61. The van der Waals surface area contributed by atoms with Gasteiger partial charge in [0.05, 0.1) is 19.2 Å². The number of hydrogen-bond donors (Lipinski definition) is 1. The lowest BCUT2D eigenvalue weighted by atomic mass is 10.0. The fraction of sp³-hybridized carbons (Fsp3) is 0.588. The maximum Gasteiger partial charge on any atom is 0.237 e. The van der Waals surface area contributed by atoms with Crippen LogP contribution in [0.2, 0.25) is 0 Å². The number of amides is 1. The van der Waals surface area contributed by atoms with E-state index in [0.29, 0.717) is 19.7 Å². The van der Waals surface area contributed by atoms with Crippen LogP contribution < -0.4 is 5.32 Å². The van der Waals surface area contributed by atoms with Gasteiger partial charge < -0.3 is 15.0 Å². The van der Waals surface area contributed by atoms with Gasteiger partial charge in [-0.3, -0.25) is 4.79 Å². The molecule has 1 N–H and O–H groups in total. The highest BCUT2D eigenvalue weighted by Crippen LogP contribution is 2.29. The number of carbonyl (C=O) groups excluding carboxylic acids is 1. The van der Waals surface area contributed by atoms with Gasteiger partial charge >= 0.3 is 0 Å². The average Bonchev–Trinajstić information content (AvgIpc) is 2.78. The van der Waals surface area contributed by atoms with Gasteiger partial charge in [-0.2, -0.15) is 0 Å². The Hall–Kier alpha value is -1.10. The highest BCUT2D eigenvalue weighted by atomic mass is 35.5. The van der Waals surface area contributed by atoms with Crippen LogP contribution in [-0.4, -0.2) is 44.2 Å². The first-order chi connectivity index (χ1) is 10.3. The monoisotopic (exact) mass is 326 g/mol. The summed E-state index contributed by atoms with van der Waals surface area (Å²) in [6, 6.07) is 10.6. The number of methoxy groups -OCH3 is 1. The van der Waals surface area contributed by atoms with E-state index in [4.69, 9.17) is 4.74 Å². The predicted octanol–water partition coefficient (Wildman–Crippen LogP) is 2.79. The smallest absolute Gasteiger partial charge is 0.237 e. The second-order valence-corrected chi connectivity index (χ2v) is 5.53. The van der Waals surface area contributed by atoms with Crippen molar-refractivity contribution in [3.05, 3.63) is 35.9 Å². The van der Waals surface area contributed by atoms with E-state index in [1.165, 1.54) is 18.4 Å². The van der Waals surface area contributed by atoms with E-state index in [1.807, 2.05) is 6.07 Å². The molecule has 1 unspecified atom stereocenters. The van der Waals surface area contributed by atoms with Gasteiger partial charge in [-0.1, -0.05) is 43.2 Å². The maximum absolute atomic E-state index is 12.5. The zero-order valence-corrected chi connectivity index (χ0v) is 14.1. The SMILES string of the molecule is COCCNCC(=O)N1CCCCCC1c1ccccc1.Cl. The van der Waals surface area contributed by atoms with Gasteiger partial charge in [0.15, 0.2) is 0 Å². The van der Waals surface area contributed by atoms with E-state index >= 15 is 0 Å². The van der Waals surface area contributed by atoms with Crippen molar-refractivity contribution in [2.24, 2.45) is 0 Å². The average molecular weight is 327 g/mol. The normalized spacial score (nSPS) is 18.4. The van der Waals surface area contributed by atoms with Crippen LogP contribution in [0.5, 0.6) is 0 Å². The molecule has 0 aliphatic carbocycles. The van der Waals surface area contributed by atoms with Crippen molar-refractivity contribution in [2.45, 2.75) is 31.7 Å². The molecular formula is C17H27ClN2O2. The highest BCUT2D eigenvalue weighted by molar-refractivity contribution is 5.85. The van der Waals surface area contributed by atoms with Crippen LogP contribution in [0, 0.1) is 0 Å². The first-order valence-corrected chi connectivity index (χ1v) is 7.87. The molecule has 22 heavy (non-hydrogen) atoms. The summed E-state index contributed by atoms with van der Waals surface area (Å²) in [5, 5.41) is 3.16. The number of carbonyl (C=O) groups is 1. The van der Waals surface area contributed by atoms with Crippen LogP contribution in [0.25, 0.3) is 0 Å². The molecule has 0 bridgehead atoms. The summed E-state index contributed by atoms with van der Waals surface area (Å²) in [6.07, 6.45) is 4.58. The zero-order chi connectivity index (χ0) is 14.9. The second kappa shape index (κ2) is 10.6. The third-order valence-electron chi connectivity index (χ3n) is 4.02. The number of nitrogens with one attached hydrogen (secondary N) is 1. The lowest BCUT2D eigenvalue weighted by molar-refractivity contribution is -0.132. The van der Waals surface area contributed by atoms with E-state index in [-0.39, 0.29) is 24.4 Å². The number of halogens is 1. The van der Waals surface area contributed by atoms with Crippen LogP contribution >= 0.6 is 12.4 Å². The topological polar surface area (TPSA) is 41.6 Å². The first kappa shape index (κ1) is 18.9. The molecule has 1 aromatic carbocycles. The molecule has 2 rings (SSSR count). The number of nitrogens with zero attached hydrogens (tertiary/aromatic N) is 1. The Labute approximate surface area is 139 Å². The molecule has 0 aromatic heterocycles. The number of likely N-dealkylation sites (tertiary alicyclic amines) is 1. The zero-order valence-electron chi connectivity index (χ0n) is 13.3. The van der Waals surface area contributed by atoms with Gasteiger partial charge in [-0.15, -0.1) is 12.4 Å². The highest BCUT2D eigenvalue weighted by Gasteiger charge is 2.26. The summed E-state index contributed by atoms with van der Waals surface area (Å²) < 4.78 is 4.99. The molecule has 1 saturated heterocycles. The molecular weight excluding hydrogens is 300 g/mol. The number of ether oxygens (including phenoxy) is 1. The van der Waals surface area contributed by atoms with Crippen molar-refractivity contribution in [2.75, 3.05) is 33.4 Å². The summed E-state index contributed by atoms with van der Waals surface area (Å²) in [4.78, 5) is 14.6. The standard InChI is InChI=1S/C17H26N2O2.ClH/c1-21-13-11-18-14-17(20)19-12-7-3-6-10-16(19)15-8-4-2-5-9-15;/h2,4-5,8-9,16,18H,3,6-7,10-14H2,1H3;1H. The van der Waals surface area contributed by atoms with Crippen LogP contribution in [0.3, 0.4) is 0 Å². The molecule has 4 nitrogen and oxygen atoms in total. The van der Waals surface area contributed by atoms with Gasteiger partial charge in [0.1, 0.15) is 0 Å². The Balaban J connectivity index is 0.00000242. The summed E-state index contributed by atoms with van der Waals surface area (Å²) >= 11 is 0. The van der Waals surface area contributed by atoms with E-state index in [1.54, 1.807) is 7.11 Å². The van der Waals surface area contributed by atoms with Crippen LogP contribution in [0.15, 0.2) is 30.3 Å². The van der Waals surface area contributed by atoms with E-state index in [9.17, 15) is 4.79 Å². The molecule has 0 spiro atoms. The molecule has 1 amide bonds. The molecule has 0 radical (unpaired) electrons. The van der Waals surface area contributed by atoms with E-state index in [2.05, 4.69) is 34.5 Å². The molecule has 0 saturated carbocycles. The van der Waals surface area contributed by atoms with Crippen molar-refractivity contribution in [3.8, 4) is 0 Å². The van der Waals surface area contributed by atoms with Gasteiger partial charge in [0.2, 0.25) is 5.91 Å². The molecule has 1 aromatic rings. The fourth-order valence-corrected chi connectivity index (χ4v) is 2.90. The van der Waals surface area contributed by atoms with Gasteiger partial charge in [0.25, 0.3) is 0 Å². The molecule has 1 aliphatic rings. The van der Waals surface area contributed by atoms with Crippen LogP contribution in [-0.2, 0) is 9.53 Å². The van der Waals surface area contributed by atoms with Crippen LogP contribution in [0.1, 0.15) is 37.3 Å². The van der Waals surface area contributed by atoms with E-state index < -0.39 is 0 Å². The van der Waals surface area contributed by atoms with E-state index in [0.717, 1.165) is 19.4 Å². The van der Waals surface area contributed by atoms with Gasteiger partial charge in [0, 0.05) is 20.2 Å². The van der Waals surface area contributed by atoms with Crippen molar-refractivity contribution in [3.63, 3.8) is 0 Å². The molecule has 1 heterocycles. The lowest BCUT2D eigenvalue weighted by Crippen LogP contribution is -2.41. The molecule has 124 valence electrons. The van der Waals surface area contributed by atoms with Crippen molar-refractivity contribution >= 4 is 18.3 Å². The minimum atomic E-state index is 0. The quantitative estimate of drug-likeness (QED) is 0.817. The third kappa shape index (κ3) is 5.59. The summed E-state index contributed by atoms with van der Waals surface area (Å²) in [7, 11) is 1.67. The van der Waals surface area contributed by atoms with Gasteiger partial charge in [-0.25, -0.2) is 0 Å². The molecule has 1 fully saturated rings. The Morgan fingerprint density at radius 2 is 2.05 bits per heavy atom. The molecule has 1 aliphatic heterocycles. The minimum Gasteiger partial charge on any atom is -0.383 e.